The van der Waals surface area contributed by atoms with Crippen molar-refractivity contribution in [2.75, 3.05) is 11.6 Å². The summed E-state index contributed by atoms with van der Waals surface area (Å²) in [7, 11) is 0. The van der Waals surface area contributed by atoms with Crippen LogP contribution in [-0.4, -0.2) is 23.0 Å². The summed E-state index contributed by atoms with van der Waals surface area (Å²) in [5.74, 6) is 0.113. The fourth-order valence-electron chi connectivity index (χ4n) is 2.83. The third-order valence-corrected chi connectivity index (χ3v) is 4.10. The molecule has 1 heterocycles. The maximum Gasteiger partial charge on any atom is 0.256 e. The van der Waals surface area contributed by atoms with Gasteiger partial charge in [0.05, 0.1) is 6.67 Å². The Morgan fingerprint density at radius 1 is 0.909 bits per heavy atom. The third-order valence-electron chi connectivity index (χ3n) is 4.10. The lowest BCUT2D eigenvalue weighted by atomic mass is 10.0. The third kappa shape index (κ3) is 2.71. The number of carbonyl (C=O) groups is 1. The van der Waals surface area contributed by atoms with Crippen molar-refractivity contribution in [3.63, 3.8) is 0 Å². The number of fused-ring (bicyclic) bond motifs is 1. The summed E-state index contributed by atoms with van der Waals surface area (Å²) in [4.78, 5) is 17.2. The van der Waals surface area contributed by atoms with E-state index in [1.54, 1.807) is 0 Å². The molecule has 114 valence electrons. The van der Waals surface area contributed by atoms with Crippen LogP contribution in [0.5, 0.6) is 0 Å². The average molecular weight is 294 g/mol. The molecule has 3 rings (SSSR count). The summed E-state index contributed by atoms with van der Waals surface area (Å²) in [5, 5.41) is 0. The van der Waals surface area contributed by atoms with Crippen molar-refractivity contribution in [1.29, 1.82) is 0 Å². The van der Waals surface area contributed by atoms with Crippen molar-refractivity contribution in [3.8, 4) is 0 Å². The van der Waals surface area contributed by atoms with Gasteiger partial charge >= 0.3 is 0 Å². The summed E-state index contributed by atoms with van der Waals surface area (Å²) in [6, 6.07) is 18.2. The minimum atomic E-state index is -0.221. The van der Waals surface area contributed by atoms with Crippen LogP contribution in [0.1, 0.15) is 36.7 Å². The van der Waals surface area contributed by atoms with Crippen LogP contribution in [0.4, 0.5) is 5.69 Å². The predicted molar refractivity (Wildman–Crippen MR) is 89.9 cm³/mol. The van der Waals surface area contributed by atoms with Gasteiger partial charge in [-0.1, -0.05) is 36.4 Å². The highest BCUT2D eigenvalue weighted by Crippen LogP contribution is 2.27. The van der Waals surface area contributed by atoms with Crippen LogP contribution in [0, 0.1) is 0 Å². The van der Waals surface area contributed by atoms with Crippen LogP contribution in [0.3, 0.4) is 0 Å². The van der Waals surface area contributed by atoms with Gasteiger partial charge < -0.3 is 9.80 Å². The van der Waals surface area contributed by atoms with E-state index in [9.17, 15) is 4.79 Å². The Labute approximate surface area is 132 Å². The standard InChI is InChI=1S/C19H22N2O/c1-19(2,3)21-14-20(16-10-5-4-6-11-16)13-15-9-7-8-12-17(15)18(21)22/h4-12H,13-14H2,1-3H3. The van der Waals surface area contributed by atoms with Gasteiger partial charge in [-0.25, -0.2) is 0 Å². The molecule has 0 spiro atoms. The zero-order valence-corrected chi connectivity index (χ0v) is 13.4. The molecule has 2 aromatic carbocycles. The molecule has 0 unspecified atom stereocenters. The molecule has 3 nitrogen and oxygen atoms in total. The second-order valence-corrected chi connectivity index (χ2v) is 6.74. The Morgan fingerprint density at radius 2 is 1.55 bits per heavy atom. The van der Waals surface area contributed by atoms with Crippen molar-refractivity contribution in [2.45, 2.75) is 32.9 Å². The molecule has 1 aliphatic heterocycles. The van der Waals surface area contributed by atoms with E-state index < -0.39 is 0 Å². The number of carbonyl (C=O) groups excluding carboxylic acids is 1. The minimum Gasteiger partial charge on any atom is -0.349 e. The van der Waals surface area contributed by atoms with E-state index in [1.807, 2.05) is 41.3 Å². The molecule has 0 saturated heterocycles. The van der Waals surface area contributed by atoms with Gasteiger partial charge in [-0.15, -0.1) is 0 Å². The minimum absolute atomic E-state index is 0.113. The summed E-state index contributed by atoms with van der Waals surface area (Å²) in [6.07, 6.45) is 0. The Balaban J connectivity index is 2.07. The first-order valence-corrected chi connectivity index (χ1v) is 7.67. The first kappa shape index (κ1) is 14.6. The van der Waals surface area contributed by atoms with E-state index in [0.29, 0.717) is 6.67 Å². The molecule has 0 N–H and O–H groups in total. The molecule has 0 aliphatic carbocycles. The van der Waals surface area contributed by atoms with Crippen LogP contribution in [-0.2, 0) is 6.54 Å². The molecule has 0 radical (unpaired) electrons. The topological polar surface area (TPSA) is 23.6 Å². The molecule has 0 bridgehead atoms. The molecule has 0 saturated carbocycles. The maximum absolute atomic E-state index is 13.0. The highest BCUT2D eigenvalue weighted by Gasteiger charge is 2.33. The number of hydrogen-bond acceptors (Lipinski definition) is 2. The lowest BCUT2D eigenvalue weighted by Gasteiger charge is -2.38. The summed E-state index contributed by atoms with van der Waals surface area (Å²) in [6.45, 7) is 7.60. The highest BCUT2D eigenvalue weighted by molar-refractivity contribution is 5.97. The smallest absolute Gasteiger partial charge is 0.256 e. The van der Waals surface area contributed by atoms with Crippen LogP contribution < -0.4 is 4.90 Å². The molecule has 1 amide bonds. The lowest BCUT2D eigenvalue weighted by Crippen LogP contribution is -2.49. The highest BCUT2D eigenvalue weighted by atomic mass is 16.2. The monoisotopic (exact) mass is 294 g/mol. The molecule has 3 heteroatoms. The van der Waals surface area contributed by atoms with E-state index in [4.69, 9.17) is 0 Å². The van der Waals surface area contributed by atoms with E-state index >= 15 is 0 Å². The number of benzene rings is 2. The number of rotatable bonds is 1. The molecule has 1 aliphatic rings. The Hall–Kier alpha value is -2.29. The zero-order valence-electron chi connectivity index (χ0n) is 13.4. The van der Waals surface area contributed by atoms with Gasteiger partial charge in [0, 0.05) is 23.3 Å². The normalized spacial score (nSPS) is 15.5. The quantitative estimate of drug-likeness (QED) is 0.796. The van der Waals surface area contributed by atoms with E-state index in [2.05, 4.69) is 43.9 Å². The lowest BCUT2D eigenvalue weighted by molar-refractivity contribution is 0.0591. The van der Waals surface area contributed by atoms with Gasteiger partial charge in [0.2, 0.25) is 0 Å². The maximum atomic E-state index is 13.0. The van der Waals surface area contributed by atoms with Crippen molar-refractivity contribution in [2.24, 2.45) is 0 Å². The zero-order chi connectivity index (χ0) is 15.7. The number of amides is 1. The largest absolute Gasteiger partial charge is 0.349 e. The van der Waals surface area contributed by atoms with Crippen LogP contribution in [0.25, 0.3) is 0 Å². The van der Waals surface area contributed by atoms with Crippen LogP contribution >= 0.6 is 0 Å². The van der Waals surface area contributed by atoms with Gasteiger partial charge in [-0.05, 0) is 44.5 Å². The van der Waals surface area contributed by atoms with E-state index in [-0.39, 0.29) is 11.4 Å². The SMILES string of the molecule is CC(C)(C)N1CN(c2ccccc2)Cc2ccccc2C1=O. The summed E-state index contributed by atoms with van der Waals surface area (Å²) >= 11 is 0. The van der Waals surface area contributed by atoms with E-state index in [1.165, 1.54) is 0 Å². The molecular weight excluding hydrogens is 272 g/mol. The van der Waals surface area contributed by atoms with Gasteiger partial charge in [-0.3, -0.25) is 4.79 Å². The van der Waals surface area contributed by atoms with Crippen molar-refractivity contribution in [3.05, 3.63) is 65.7 Å². The van der Waals surface area contributed by atoms with Gasteiger partial charge in [-0.2, -0.15) is 0 Å². The van der Waals surface area contributed by atoms with Crippen molar-refractivity contribution < 1.29 is 4.79 Å². The molecular formula is C19H22N2O. The fourth-order valence-corrected chi connectivity index (χ4v) is 2.83. The second-order valence-electron chi connectivity index (χ2n) is 6.74. The van der Waals surface area contributed by atoms with Crippen LogP contribution in [0.2, 0.25) is 0 Å². The molecule has 0 aromatic heterocycles. The summed E-state index contributed by atoms with van der Waals surface area (Å²) in [5.41, 5.74) is 2.82. The first-order chi connectivity index (χ1) is 10.5. The molecule has 0 fully saturated rings. The van der Waals surface area contributed by atoms with E-state index in [0.717, 1.165) is 23.4 Å². The number of nitrogens with zero attached hydrogens (tertiary/aromatic N) is 2. The number of para-hydroxylation sites is 1. The predicted octanol–water partition coefficient (Wildman–Crippen LogP) is 3.91. The number of hydrogen-bond donors (Lipinski definition) is 0. The summed E-state index contributed by atoms with van der Waals surface area (Å²) < 4.78 is 0. The fraction of sp³-hybridized carbons (Fsp3) is 0.316. The Morgan fingerprint density at radius 3 is 2.23 bits per heavy atom. The second kappa shape index (κ2) is 5.48. The van der Waals surface area contributed by atoms with Gasteiger partial charge in [0.1, 0.15) is 0 Å². The Kier molecular flexibility index (Phi) is 3.65. The molecule has 2 aromatic rings. The average Bonchev–Trinajstić information content (AvgIpc) is 2.65. The van der Waals surface area contributed by atoms with Crippen molar-refractivity contribution >= 4 is 11.6 Å². The van der Waals surface area contributed by atoms with Crippen molar-refractivity contribution in [1.82, 2.24) is 4.90 Å². The molecule has 0 atom stereocenters. The first-order valence-electron chi connectivity index (χ1n) is 7.67. The van der Waals surface area contributed by atoms with Gasteiger partial charge in [0.15, 0.2) is 0 Å². The molecule has 22 heavy (non-hydrogen) atoms. The Bertz CT molecular complexity index is 673. The van der Waals surface area contributed by atoms with Crippen LogP contribution in [0.15, 0.2) is 54.6 Å². The number of anilines is 1. The van der Waals surface area contributed by atoms with Gasteiger partial charge in [0.25, 0.3) is 5.91 Å².